The van der Waals surface area contributed by atoms with Crippen molar-refractivity contribution in [2.75, 3.05) is 13.2 Å². The van der Waals surface area contributed by atoms with Crippen LogP contribution in [0.4, 0.5) is 0 Å². The van der Waals surface area contributed by atoms with E-state index in [0.29, 0.717) is 19.1 Å². The third-order valence-electron chi connectivity index (χ3n) is 5.21. The predicted octanol–water partition coefficient (Wildman–Crippen LogP) is 2.40. The summed E-state index contributed by atoms with van der Waals surface area (Å²) in [7, 11) is 0. The minimum atomic E-state index is 0.249. The average Bonchev–Trinajstić information content (AvgIpc) is 3.22. The van der Waals surface area contributed by atoms with Gasteiger partial charge in [0.1, 0.15) is 13.2 Å². The van der Waals surface area contributed by atoms with Crippen LogP contribution in [-0.4, -0.2) is 13.2 Å². The van der Waals surface area contributed by atoms with Crippen LogP contribution in [0.1, 0.15) is 37.3 Å². The second kappa shape index (κ2) is 4.93. The van der Waals surface area contributed by atoms with Crippen molar-refractivity contribution in [3.63, 3.8) is 0 Å². The highest BCUT2D eigenvalue weighted by Crippen LogP contribution is 2.60. The van der Waals surface area contributed by atoms with E-state index in [1.54, 1.807) is 0 Å². The minimum Gasteiger partial charge on any atom is -0.486 e. The molecule has 4 nitrogen and oxygen atoms in total. The molecule has 0 saturated heterocycles. The van der Waals surface area contributed by atoms with Gasteiger partial charge in [0.05, 0.1) is 0 Å². The summed E-state index contributed by atoms with van der Waals surface area (Å²) in [5, 5.41) is 0. The molecule has 108 valence electrons. The zero-order valence-corrected chi connectivity index (χ0v) is 11.7. The van der Waals surface area contributed by atoms with Gasteiger partial charge in [-0.15, -0.1) is 0 Å². The Hall–Kier alpha value is -1.26. The van der Waals surface area contributed by atoms with Crippen LogP contribution in [-0.2, 0) is 0 Å². The number of benzene rings is 1. The molecule has 1 aromatic rings. The number of nitrogens with one attached hydrogen (secondary N) is 1. The zero-order chi connectivity index (χ0) is 13.5. The van der Waals surface area contributed by atoms with Crippen LogP contribution in [0.25, 0.3) is 0 Å². The molecule has 4 heteroatoms. The Bertz CT molecular complexity index is 493. The van der Waals surface area contributed by atoms with Gasteiger partial charge >= 0.3 is 0 Å². The van der Waals surface area contributed by atoms with E-state index >= 15 is 0 Å². The predicted molar refractivity (Wildman–Crippen MR) is 76.4 cm³/mol. The molecule has 1 aliphatic heterocycles. The quantitative estimate of drug-likeness (QED) is 0.656. The van der Waals surface area contributed by atoms with E-state index < -0.39 is 0 Å². The van der Waals surface area contributed by atoms with E-state index in [2.05, 4.69) is 17.6 Å². The smallest absolute Gasteiger partial charge is 0.161 e. The first-order valence-electron chi connectivity index (χ1n) is 7.74. The van der Waals surface area contributed by atoms with Crippen LogP contribution in [0.5, 0.6) is 11.5 Å². The van der Waals surface area contributed by atoms with Crippen LogP contribution in [0.2, 0.25) is 0 Å². The molecule has 2 aliphatic carbocycles. The lowest BCUT2D eigenvalue weighted by Gasteiger charge is -2.22. The molecule has 0 spiro atoms. The van der Waals surface area contributed by atoms with Gasteiger partial charge in [-0.3, -0.25) is 11.3 Å². The van der Waals surface area contributed by atoms with Crippen molar-refractivity contribution in [2.24, 2.45) is 23.6 Å². The first-order valence-corrected chi connectivity index (χ1v) is 7.74. The number of fused-ring (bicyclic) bond motifs is 2. The molecule has 4 rings (SSSR count). The van der Waals surface area contributed by atoms with E-state index in [-0.39, 0.29) is 6.04 Å². The van der Waals surface area contributed by atoms with E-state index in [9.17, 15) is 0 Å². The monoisotopic (exact) mass is 274 g/mol. The van der Waals surface area contributed by atoms with Crippen LogP contribution < -0.4 is 20.7 Å². The SMILES string of the molecule is NNC(c1ccc2c(c1)OCCO2)C1C2CCCCC21. The molecule has 3 aliphatic rings. The van der Waals surface area contributed by atoms with E-state index in [1.165, 1.54) is 31.2 Å². The highest BCUT2D eigenvalue weighted by atomic mass is 16.6. The fraction of sp³-hybridized carbons (Fsp3) is 0.625. The normalized spacial score (nSPS) is 32.4. The van der Waals surface area contributed by atoms with E-state index in [1.807, 2.05) is 6.07 Å². The lowest BCUT2D eigenvalue weighted by Crippen LogP contribution is -2.30. The number of rotatable bonds is 3. The summed E-state index contributed by atoms with van der Waals surface area (Å²) in [6.45, 7) is 1.27. The largest absolute Gasteiger partial charge is 0.486 e. The molecule has 20 heavy (non-hydrogen) atoms. The zero-order valence-electron chi connectivity index (χ0n) is 11.7. The molecule has 0 aromatic heterocycles. The molecule has 3 N–H and O–H groups in total. The Morgan fingerprint density at radius 1 is 1.05 bits per heavy atom. The van der Waals surface area contributed by atoms with Gasteiger partial charge < -0.3 is 9.47 Å². The van der Waals surface area contributed by atoms with Crippen molar-refractivity contribution in [2.45, 2.75) is 31.7 Å². The van der Waals surface area contributed by atoms with E-state index in [4.69, 9.17) is 15.3 Å². The third-order valence-corrected chi connectivity index (χ3v) is 5.21. The maximum absolute atomic E-state index is 5.85. The Kier molecular flexibility index (Phi) is 3.08. The highest BCUT2D eigenvalue weighted by molar-refractivity contribution is 5.45. The second-order valence-corrected chi connectivity index (χ2v) is 6.24. The van der Waals surface area contributed by atoms with Gasteiger partial charge in [0.2, 0.25) is 0 Å². The fourth-order valence-electron chi connectivity index (χ4n) is 4.23. The summed E-state index contributed by atoms with van der Waals surface area (Å²) in [5.74, 6) is 10.0. The Balaban J connectivity index is 1.58. The first kappa shape index (κ1) is 12.5. The highest BCUT2D eigenvalue weighted by Gasteiger charge is 2.54. The summed E-state index contributed by atoms with van der Waals surface area (Å²) >= 11 is 0. The van der Waals surface area contributed by atoms with Gasteiger partial charge in [-0.1, -0.05) is 18.9 Å². The maximum atomic E-state index is 5.85. The van der Waals surface area contributed by atoms with Crippen molar-refractivity contribution < 1.29 is 9.47 Å². The minimum absolute atomic E-state index is 0.249. The van der Waals surface area contributed by atoms with E-state index in [0.717, 1.165) is 23.3 Å². The van der Waals surface area contributed by atoms with Gasteiger partial charge in [0, 0.05) is 6.04 Å². The molecule has 0 bridgehead atoms. The molecule has 2 fully saturated rings. The van der Waals surface area contributed by atoms with Crippen LogP contribution in [0, 0.1) is 17.8 Å². The molecule has 3 unspecified atom stereocenters. The van der Waals surface area contributed by atoms with Crippen molar-refractivity contribution in [1.82, 2.24) is 5.43 Å². The number of hydrogen-bond acceptors (Lipinski definition) is 4. The summed E-state index contributed by atoms with van der Waals surface area (Å²) < 4.78 is 11.3. The summed E-state index contributed by atoms with van der Waals surface area (Å²) in [5.41, 5.74) is 4.28. The van der Waals surface area contributed by atoms with Crippen LogP contribution >= 0.6 is 0 Å². The van der Waals surface area contributed by atoms with Gasteiger partial charge in [0.25, 0.3) is 0 Å². The molecule has 1 aromatic carbocycles. The molecular formula is C16H22N2O2. The molecule has 2 saturated carbocycles. The number of hydrogen-bond donors (Lipinski definition) is 2. The molecule has 0 amide bonds. The van der Waals surface area contributed by atoms with Crippen molar-refractivity contribution in [1.29, 1.82) is 0 Å². The number of hydrazine groups is 1. The summed E-state index contributed by atoms with van der Waals surface area (Å²) in [6, 6.07) is 6.49. The Morgan fingerprint density at radius 2 is 1.75 bits per heavy atom. The lowest BCUT2D eigenvalue weighted by molar-refractivity contribution is 0.171. The van der Waals surface area contributed by atoms with Gasteiger partial charge in [-0.25, -0.2) is 0 Å². The first-order chi connectivity index (χ1) is 9.88. The maximum Gasteiger partial charge on any atom is 0.161 e. The van der Waals surface area contributed by atoms with Crippen molar-refractivity contribution >= 4 is 0 Å². The molecular weight excluding hydrogens is 252 g/mol. The van der Waals surface area contributed by atoms with Gasteiger partial charge in [0.15, 0.2) is 11.5 Å². The van der Waals surface area contributed by atoms with Crippen LogP contribution in [0.15, 0.2) is 18.2 Å². The Morgan fingerprint density at radius 3 is 2.45 bits per heavy atom. The average molecular weight is 274 g/mol. The summed E-state index contributed by atoms with van der Waals surface area (Å²) in [6.07, 6.45) is 5.52. The number of ether oxygens (including phenoxy) is 2. The van der Waals surface area contributed by atoms with Crippen LogP contribution in [0.3, 0.4) is 0 Å². The molecule has 0 radical (unpaired) electrons. The lowest BCUT2D eigenvalue weighted by atomic mass is 10.00. The van der Waals surface area contributed by atoms with Gasteiger partial charge in [-0.05, 0) is 48.3 Å². The van der Waals surface area contributed by atoms with Crippen molar-refractivity contribution in [3.05, 3.63) is 23.8 Å². The Labute approximate surface area is 119 Å². The van der Waals surface area contributed by atoms with Gasteiger partial charge in [-0.2, -0.15) is 0 Å². The number of nitrogens with two attached hydrogens (primary N) is 1. The summed E-state index contributed by atoms with van der Waals surface area (Å²) in [4.78, 5) is 0. The third kappa shape index (κ3) is 1.98. The fourth-order valence-corrected chi connectivity index (χ4v) is 4.23. The second-order valence-electron chi connectivity index (χ2n) is 6.24. The molecule has 3 atom stereocenters. The van der Waals surface area contributed by atoms with Crippen molar-refractivity contribution in [3.8, 4) is 11.5 Å². The standard InChI is InChI=1S/C16H22N2O2/c17-18-16(15-11-3-1-2-4-12(11)15)10-5-6-13-14(9-10)20-8-7-19-13/h5-6,9,11-12,15-16,18H,1-4,7-8,17H2. The molecule has 1 heterocycles. The topological polar surface area (TPSA) is 56.5 Å².